The molecule has 0 bridgehead atoms. The minimum atomic E-state index is 0. The van der Waals surface area contributed by atoms with Crippen molar-refractivity contribution in [3.8, 4) is 0 Å². The Morgan fingerprint density at radius 3 is 2.20 bits per heavy atom. The zero-order chi connectivity index (χ0) is 10.0. The van der Waals surface area contributed by atoms with E-state index in [9.17, 15) is 0 Å². The molecule has 2 heteroatoms. The van der Waals surface area contributed by atoms with Crippen molar-refractivity contribution in [2.45, 2.75) is 26.2 Å². The number of fused-ring (bicyclic) bond motifs is 1. The maximum Gasteiger partial charge on any atom is -0.00465 e. The van der Waals surface area contributed by atoms with Crippen LogP contribution in [-0.4, -0.2) is 13.6 Å². The Bertz CT molecular complexity index is 297. The average molecular weight is 226 g/mol. The first-order chi connectivity index (χ1) is 6.73. The van der Waals surface area contributed by atoms with Crippen LogP contribution >= 0.6 is 12.4 Å². The summed E-state index contributed by atoms with van der Waals surface area (Å²) < 4.78 is 0. The van der Waals surface area contributed by atoms with Crippen LogP contribution in [-0.2, 0) is 12.8 Å². The van der Waals surface area contributed by atoms with E-state index >= 15 is 0 Å². The predicted molar refractivity (Wildman–Crippen MR) is 67.7 cm³/mol. The van der Waals surface area contributed by atoms with Crippen molar-refractivity contribution in [2.75, 3.05) is 13.6 Å². The highest BCUT2D eigenvalue weighted by Crippen LogP contribution is 2.38. The molecule has 1 aliphatic carbocycles. The highest BCUT2D eigenvalue weighted by Gasteiger charge is 2.31. The SMILES string of the molecule is CNCCC1(C)Cc2ccccc2C1.Cl. The lowest BCUT2D eigenvalue weighted by Crippen LogP contribution is -2.22. The van der Waals surface area contributed by atoms with Crippen molar-refractivity contribution < 1.29 is 0 Å². The Balaban J connectivity index is 0.00000112. The molecule has 15 heavy (non-hydrogen) atoms. The van der Waals surface area contributed by atoms with E-state index in [2.05, 4.69) is 36.5 Å². The van der Waals surface area contributed by atoms with Crippen LogP contribution in [0, 0.1) is 5.41 Å². The van der Waals surface area contributed by atoms with Crippen LogP contribution in [0.25, 0.3) is 0 Å². The van der Waals surface area contributed by atoms with E-state index in [1.165, 1.54) is 19.3 Å². The molecule has 0 unspecified atom stereocenters. The molecule has 1 nitrogen and oxygen atoms in total. The molecule has 0 saturated carbocycles. The van der Waals surface area contributed by atoms with E-state index < -0.39 is 0 Å². The molecule has 1 aromatic carbocycles. The van der Waals surface area contributed by atoms with Gasteiger partial charge in [0.2, 0.25) is 0 Å². The van der Waals surface area contributed by atoms with Gasteiger partial charge in [0.25, 0.3) is 0 Å². The lowest BCUT2D eigenvalue weighted by atomic mass is 9.84. The average Bonchev–Trinajstić information content (AvgIpc) is 2.51. The van der Waals surface area contributed by atoms with Gasteiger partial charge in [-0.2, -0.15) is 0 Å². The summed E-state index contributed by atoms with van der Waals surface area (Å²) in [7, 11) is 2.03. The fourth-order valence-corrected chi connectivity index (χ4v) is 2.49. The minimum absolute atomic E-state index is 0. The smallest absolute Gasteiger partial charge is 0.00465 e. The van der Waals surface area contributed by atoms with Crippen molar-refractivity contribution in [3.05, 3.63) is 35.4 Å². The molecule has 0 atom stereocenters. The van der Waals surface area contributed by atoms with Crippen LogP contribution < -0.4 is 5.32 Å². The molecule has 1 aliphatic rings. The molecule has 84 valence electrons. The van der Waals surface area contributed by atoms with Crippen molar-refractivity contribution >= 4 is 12.4 Å². The van der Waals surface area contributed by atoms with Crippen molar-refractivity contribution in [1.29, 1.82) is 0 Å². The van der Waals surface area contributed by atoms with Gasteiger partial charge in [-0.25, -0.2) is 0 Å². The van der Waals surface area contributed by atoms with Gasteiger partial charge in [-0.1, -0.05) is 31.2 Å². The van der Waals surface area contributed by atoms with Gasteiger partial charge in [0.15, 0.2) is 0 Å². The summed E-state index contributed by atoms with van der Waals surface area (Å²) in [5.41, 5.74) is 3.62. The van der Waals surface area contributed by atoms with E-state index in [1.54, 1.807) is 11.1 Å². The van der Waals surface area contributed by atoms with E-state index in [4.69, 9.17) is 0 Å². The molecular weight excluding hydrogens is 206 g/mol. The number of benzene rings is 1. The molecule has 0 aromatic heterocycles. The number of hydrogen-bond donors (Lipinski definition) is 1. The monoisotopic (exact) mass is 225 g/mol. The fraction of sp³-hybridized carbons (Fsp3) is 0.538. The van der Waals surface area contributed by atoms with Crippen LogP contribution in [0.2, 0.25) is 0 Å². The van der Waals surface area contributed by atoms with Gasteiger partial charge >= 0.3 is 0 Å². The standard InChI is InChI=1S/C13H19N.ClH/c1-13(7-8-14-2)9-11-5-3-4-6-12(11)10-13;/h3-6,14H,7-10H2,1-2H3;1H. The Morgan fingerprint density at radius 2 is 1.73 bits per heavy atom. The summed E-state index contributed by atoms with van der Waals surface area (Å²) in [5.74, 6) is 0. The van der Waals surface area contributed by atoms with E-state index in [0.29, 0.717) is 5.41 Å². The third-order valence-electron chi connectivity index (χ3n) is 3.33. The number of nitrogens with one attached hydrogen (secondary N) is 1. The molecule has 0 fully saturated rings. The lowest BCUT2D eigenvalue weighted by Gasteiger charge is -2.23. The first-order valence-corrected chi connectivity index (χ1v) is 5.45. The summed E-state index contributed by atoms with van der Waals surface area (Å²) >= 11 is 0. The second-order valence-corrected chi connectivity index (χ2v) is 4.79. The predicted octanol–water partition coefficient (Wildman–Crippen LogP) is 2.82. The third kappa shape index (κ3) is 2.73. The first kappa shape index (κ1) is 12.5. The number of rotatable bonds is 3. The van der Waals surface area contributed by atoms with Crippen molar-refractivity contribution in [1.82, 2.24) is 5.32 Å². The first-order valence-electron chi connectivity index (χ1n) is 5.45. The molecule has 0 heterocycles. The van der Waals surface area contributed by atoms with Gasteiger partial charge in [-0.05, 0) is 49.4 Å². The Hall–Kier alpha value is -0.530. The van der Waals surface area contributed by atoms with Gasteiger partial charge in [0, 0.05) is 0 Å². The van der Waals surface area contributed by atoms with Crippen LogP contribution in [0.1, 0.15) is 24.5 Å². The van der Waals surface area contributed by atoms with Gasteiger partial charge in [0.1, 0.15) is 0 Å². The normalized spacial score (nSPS) is 16.9. The molecular formula is C13H20ClN. The van der Waals surface area contributed by atoms with E-state index in [0.717, 1.165) is 6.54 Å². The summed E-state index contributed by atoms with van der Waals surface area (Å²) in [6.07, 6.45) is 3.79. The summed E-state index contributed by atoms with van der Waals surface area (Å²) in [6.45, 7) is 3.54. The van der Waals surface area contributed by atoms with Gasteiger partial charge in [-0.15, -0.1) is 12.4 Å². The molecule has 0 amide bonds. The van der Waals surface area contributed by atoms with Crippen molar-refractivity contribution in [2.24, 2.45) is 5.41 Å². The van der Waals surface area contributed by atoms with Crippen LogP contribution in [0.5, 0.6) is 0 Å². The van der Waals surface area contributed by atoms with Crippen LogP contribution in [0.4, 0.5) is 0 Å². The zero-order valence-corrected chi connectivity index (χ0v) is 10.4. The Kier molecular flexibility index (Phi) is 4.18. The van der Waals surface area contributed by atoms with Gasteiger partial charge in [-0.3, -0.25) is 0 Å². The summed E-state index contributed by atoms with van der Waals surface area (Å²) in [5, 5.41) is 3.25. The molecule has 2 rings (SSSR count). The zero-order valence-electron chi connectivity index (χ0n) is 9.55. The third-order valence-corrected chi connectivity index (χ3v) is 3.33. The number of hydrogen-bond acceptors (Lipinski definition) is 1. The van der Waals surface area contributed by atoms with Gasteiger partial charge in [0.05, 0.1) is 0 Å². The molecule has 0 saturated heterocycles. The molecule has 0 radical (unpaired) electrons. The van der Waals surface area contributed by atoms with E-state index in [-0.39, 0.29) is 12.4 Å². The topological polar surface area (TPSA) is 12.0 Å². The number of halogens is 1. The summed E-state index contributed by atoms with van der Waals surface area (Å²) in [6, 6.07) is 8.87. The molecule has 0 spiro atoms. The molecule has 0 aliphatic heterocycles. The molecule has 1 N–H and O–H groups in total. The highest BCUT2D eigenvalue weighted by atomic mass is 35.5. The second-order valence-electron chi connectivity index (χ2n) is 4.79. The highest BCUT2D eigenvalue weighted by molar-refractivity contribution is 5.85. The fourth-order valence-electron chi connectivity index (χ4n) is 2.49. The summed E-state index contributed by atoms with van der Waals surface area (Å²) in [4.78, 5) is 0. The van der Waals surface area contributed by atoms with E-state index in [1.807, 2.05) is 7.05 Å². The Morgan fingerprint density at radius 1 is 1.20 bits per heavy atom. The maximum absolute atomic E-state index is 3.25. The van der Waals surface area contributed by atoms with Crippen molar-refractivity contribution in [3.63, 3.8) is 0 Å². The van der Waals surface area contributed by atoms with Crippen LogP contribution in [0.15, 0.2) is 24.3 Å². The quantitative estimate of drug-likeness (QED) is 0.834. The second kappa shape index (κ2) is 5.00. The maximum atomic E-state index is 3.25. The Labute approximate surface area is 98.7 Å². The largest absolute Gasteiger partial charge is 0.320 e. The van der Waals surface area contributed by atoms with Crippen LogP contribution in [0.3, 0.4) is 0 Å². The lowest BCUT2D eigenvalue weighted by molar-refractivity contribution is 0.314. The minimum Gasteiger partial charge on any atom is -0.320 e. The molecule has 1 aromatic rings. The van der Waals surface area contributed by atoms with Gasteiger partial charge < -0.3 is 5.32 Å².